The number of hydrogen-bond acceptors (Lipinski definition) is 2. The maximum Gasteiger partial charge on any atom is 0.166 e. The highest BCUT2D eigenvalue weighted by molar-refractivity contribution is 5.99. The number of nitrogens with one attached hydrogen (secondary N) is 1. The fourth-order valence-corrected chi connectivity index (χ4v) is 5.57. The van der Waals surface area contributed by atoms with Crippen LogP contribution in [0.1, 0.15) is 67.4 Å². The van der Waals surface area contributed by atoms with Crippen LogP contribution < -0.4 is 5.32 Å². The Bertz CT molecular complexity index is 870. The molecule has 1 aliphatic carbocycles. The molecule has 0 saturated carbocycles. The lowest BCUT2D eigenvalue weighted by Gasteiger charge is -2.39. The molecule has 0 amide bonds. The molecule has 2 heterocycles. The summed E-state index contributed by atoms with van der Waals surface area (Å²) in [6.45, 7) is 4.56. The van der Waals surface area contributed by atoms with Gasteiger partial charge in [-0.2, -0.15) is 0 Å². The molecular weight excluding hydrogens is 318 g/mol. The van der Waals surface area contributed by atoms with Crippen molar-refractivity contribution in [2.75, 3.05) is 0 Å². The molecule has 2 bridgehead atoms. The summed E-state index contributed by atoms with van der Waals surface area (Å²) in [5.41, 5.74) is 6.17. The second kappa shape index (κ2) is 5.79. The highest BCUT2D eigenvalue weighted by Crippen LogP contribution is 2.48. The molecule has 0 aromatic heterocycles. The largest absolute Gasteiger partial charge is 0.311 e. The molecule has 26 heavy (non-hydrogen) atoms. The van der Waals surface area contributed by atoms with Gasteiger partial charge in [0.25, 0.3) is 0 Å². The number of hydrogen-bond donors (Lipinski definition) is 1. The van der Waals surface area contributed by atoms with E-state index in [-0.39, 0.29) is 11.3 Å². The predicted molar refractivity (Wildman–Crippen MR) is 106 cm³/mol. The molecule has 1 N–H and O–H groups in total. The number of fused-ring (bicyclic) bond motifs is 5. The van der Waals surface area contributed by atoms with E-state index in [2.05, 4.69) is 61.6 Å². The Morgan fingerprint density at radius 3 is 2.42 bits per heavy atom. The quantitative estimate of drug-likeness (QED) is 0.768. The number of piperidine rings is 2. The Hall–Kier alpha value is -1.93. The molecule has 0 radical (unpaired) electrons. The molecule has 0 spiro atoms. The minimum atomic E-state index is -0.0349. The van der Waals surface area contributed by atoms with Gasteiger partial charge in [0, 0.05) is 29.0 Å². The fraction of sp³-hybridized carbons (Fsp3) is 0.458. The van der Waals surface area contributed by atoms with Crippen LogP contribution in [0.4, 0.5) is 0 Å². The third kappa shape index (κ3) is 2.39. The van der Waals surface area contributed by atoms with Gasteiger partial charge in [0.1, 0.15) is 0 Å². The van der Waals surface area contributed by atoms with E-state index in [1.807, 2.05) is 0 Å². The van der Waals surface area contributed by atoms with Gasteiger partial charge in [-0.05, 0) is 54.0 Å². The number of carbonyl (C=O) groups excluding carboxylic acids is 1. The number of Topliss-reactive ketones (excluding diaryl/α,β-unsaturated/α-hetero) is 1. The topological polar surface area (TPSA) is 29.1 Å². The Kier molecular flexibility index (Phi) is 3.62. The Labute approximate surface area is 156 Å². The van der Waals surface area contributed by atoms with Crippen LogP contribution in [0.2, 0.25) is 0 Å². The van der Waals surface area contributed by atoms with E-state index in [9.17, 15) is 4.79 Å². The first kappa shape index (κ1) is 16.3. The van der Waals surface area contributed by atoms with Gasteiger partial charge in [0.2, 0.25) is 0 Å². The van der Waals surface area contributed by atoms with Crippen molar-refractivity contribution < 1.29 is 4.79 Å². The molecule has 5 rings (SSSR count). The number of ketones is 1. The molecular formula is C24H27NO. The average molecular weight is 345 g/mol. The molecule has 134 valence electrons. The minimum Gasteiger partial charge on any atom is -0.311 e. The van der Waals surface area contributed by atoms with E-state index >= 15 is 0 Å². The van der Waals surface area contributed by atoms with Crippen LogP contribution in [-0.4, -0.2) is 17.9 Å². The summed E-state index contributed by atoms with van der Waals surface area (Å²) >= 11 is 0. The highest BCUT2D eigenvalue weighted by atomic mass is 16.1. The van der Waals surface area contributed by atoms with Gasteiger partial charge in [-0.15, -0.1) is 0 Å². The van der Waals surface area contributed by atoms with Crippen LogP contribution in [0.3, 0.4) is 0 Å². The number of benzene rings is 2. The lowest BCUT2D eigenvalue weighted by atomic mass is 9.76. The summed E-state index contributed by atoms with van der Waals surface area (Å²) in [6, 6.07) is 16.2. The van der Waals surface area contributed by atoms with Crippen LogP contribution in [0, 0.1) is 5.92 Å². The Balaban J connectivity index is 1.49. The number of carbonyl (C=O) groups is 1. The molecule has 2 nitrogen and oxygen atoms in total. The molecule has 2 heteroatoms. The fourth-order valence-electron chi connectivity index (χ4n) is 5.57. The van der Waals surface area contributed by atoms with E-state index in [1.54, 1.807) is 0 Å². The van der Waals surface area contributed by atoms with Gasteiger partial charge >= 0.3 is 0 Å². The highest BCUT2D eigenvalue weighted by Gasteiger charge is 2.38. The van der Waals surface area contributed by atoms with Gasteiger partial charge in [-0.1, -0.05) is 56.7 Å². The lowest BCUT2D eigenvalue weighted by molar-refractivity contribution is 0.0825. The van der Waals surface area contributed by atoms with E-state index in [1.165, 1.54) is 41.5 Å². The first-order valence-corrected chi connectivity index (χ1v) is 10.1. The summed E-state index contributed by atoms with van der Waals surface area (Å²) in [5.74, 6) is 0.550. The van der Waals surface area contributed by atoms with Crippen molar-refractivity contribution in [2.24, 2.45) is 5.92 Å². The van der Waals surface area contributed by atoms with Crippen LogP contribution in [0.5, 0.6) is 0 Å². The van der Waals surface area contributed by atoms with Gasteiger partial charge in [0.05, 0.1) is 0 Å². The van der Waals surface area contributed by atoms with Crippen molar-refractivity contribution in [3.63, 3.8) is 0 Å². The van der Waals surface area contributed by atoms with E-state index < -0.39 is 0 Å². The molecule has 2 aliphatic heterocycles. The zero-order valence-electron chi connectivity index (χ0n) is 15.7. The van der Waals surface area contributed by atoms with Crippen molar-refractivity contribution in [1.82, 2.24) is 5.32 Å². The lowest BCUT2D eigenvalue weighted by Crippen LogP contribution is -2.50. The molecule has 2 fully saturated rings. The molecule has 2 atom stereocenters. The van der Waals surface area contributed by atoms with Gasteiger partial charge in [-0.25, -0.2) is 0 Å². The standard InChI is InChI=1S/C24H27NO/c1-24(2)21-9-4-3-8-19(21)20-11-10-15(14-22(20)24)23(26)16-12-17-6-5-7-18(13-16)25-17/h3-4,8-11,14,16-18,25H,5-7,12-13H2,1-2H3. The van der Waals surface area contributed by atoms with E-state index in [0.717, 1.165) is 18.4 Å². The van der Waals surface area contributed by atoms with Crippen LogP contribution in [0.25, 0.3) is 11.1 Å². The normalized spacial score (nSPS) is 28.3. The summed E-state index contributed by atoms with van der Waals surface area (Å²) in [5, 5.41) is 3.70. The third-order valence-corrected chi connectivity index (χ3v) is 6.95. The van der Waals surface area contributed by atoms with E-state index in [4.69, 9.17) is 0 Å². The predicted octanol–water partition coefficient (Wildman–Crippen LogP) is 5.10. The molecule has 2 saturated heterocycles. The maximum absolute atomic E-state index is 13.3. The van der Waals surface area contributed by atoms with Crippen molar-refractivity contribution in [3.05, 3.63) is 59.2 Å². The second-order valence-electron chi connectivity index (χ2n) is 8.95. The summed E-state index contributed by atoms with van der Waals surface area (Å²) in [6.07, 6.45) is 5.79. The molecule has 2 unspecified atom stereocenters. The Morgan fingerprint density at radius 1 is 0.962 bits per heavy atom. The summed E-state index contributed by atoms with van der Waals surface area (Å²) in [7, 11) is 0. The second-order valence-corrected chi connectivity index (χ2v) is 8.95. The zero-order valence-corrected chi connectivity index (χ0v) is 15.7. The van der Waals surface area contributed by atoms with Crippen LogP contribution in [0.15, 0.2) is 42.5 Å². The summed E-state index contributed by atoms with van der Waals surface area (Å²) < 4.78 is 0. The molecule has 2 aromatic carbocycles. The third-order valence-electron chi connectivity index (χ3n) is 6.95. The first-order chi connectivity index (χ1) is 12.5. The number of rotatable bonds is 2. The van der Waals surface area contributed by atoms with Crippen LogP contribution >= 0.6 is 0 Å². The van der Waals surface area contributed by atoms with Crippen molar-refractivity contribution in [1.29, 1.82) is 0 Å². The van der Waals surface area contributed by atoms with Crippen molar-refractivity contribution in [3.8, 4) is 11.1 Å². The van der Waals surface area contributed by atoms with Gasteiger partial charge < -0.3 is 5.32 Å². The zero-order chi connectivity index (χ0) is 17.9. The van der Waals surface area contributed by atoms with Gasteiger partial charge in [0.15, 0.2) is 5.78 Å². The smallest absolute Gasteiger partial charge is 0.166 e. The summed E-state index contributed by atoms with van der Waals surface area (Å²) in [4.78, 5) is 13.3. The van der Waals surface area contributed by atoms with Crippen molar-refractivity contribution >= 4 is 5.78 Å². The van der Waals surface area contributed by atoms with E-state index in [0.29, 0.717) is 17.9 Å². The monoisotopic (exact) mass is 345 g/mol. The minimum absolute atomic E-state index is 0.0349. The van der Waals surface area contributed by atoms with Crippen LogP contribution in [-0.2, 0) is 5.41 Å². The SMILES string of the molecule is CC1(C)c2ccccc2-c2ccc(C(=O)C3CC4CCCC(C3)N4)cc21. The Morgan fingerprint density at radius 2 is 1.65 bits per heavy atom. The van der Waals surface area contributed by atoms with Gasteiger partial charge in [-0.3, -0.25) is 4.79 Å². The molecule has 2 aromatic rings. The average Bonchev–Trinajstić information content (AvgIpc) is 2.88. The maximum atomic E-state index is 13.3. The molecule has 3 aliphatic rings. The first-order valence-electron chi connectivity index (χ1n) is 10.1. The van der Waals surface area contributed by atoms with Crippen molar-refractivity contribution in [2.45, 2.75) is 63.5 Å².